The predicted octanol–water partition coefficient (Wildman–Crippen LogP) is 3.29. The molecule has 0 aliphatic carbocycles. The number of methoxy groups -OCH3 is 1. The van der Waals surface area contributed by atoms with Gasteiger partial charge in [0, 0.05) is 62.9 Å². The molecule has 3 atom stereocenters. The Labute approximate surface area is 474 Å². The van der Waals surface area contributed by atoms with Gasteiger partial charge in [0.05, 0.1) is 41.0 Å². The zero-order valence-corrected chi connectivity index (χ0v) is 47.4. The van der Waals surface area contributed by atoms with Crippen molar-refractivity contribution >= 4 is 78.5 Å². The first-order valence-electron chi connectivity index (χ1n) is 26.3. The van der Waals surface area contributed by atoms with E-state index < -0.39 is 105 Å². The van der Waals surface area contributed by atoms with E-state index in [-0.39, 0.29) is 47.9 Å². The molecule has 25 nitrogen and oxygen atoms in total. The second kappa shape index (κ2) is 29.4. The number of ether oxygens (including phenoxy) is 3. The fourth-order valence-electron chi connectivity index (χ4n) is 8.29. The van der Waals surface area contributed by atoms with Crippen molar-refractivity contribution in [2.75, 3.05) is 39.8 Å². The number of amidine groups is 1. The maximum Gasteiger partial charge on any atom is 0.408 e. The minimum absolute atomic E-state index is 0.142. The highest BCUT2D eigenvalue weighted by atomic mass is 32.2. The lowest BCUT2D eigenvalue weighted by Gasteiger charge is -2.24. The average molecular weight is 1170 g/mol. The van der Waals surface area contributed by atoms with Crippen LogP contribution in [0.1, 0.15) is 81.6 Å². The minimum atomic E-state index is -4.37. The van der Waals surface area contributed by atoms with Crippen LogP contribution in [-0.2, 0) is 71.4 Å². The Kier molecular flexibility index (Phi) is 22.6. The predicted molar refractivity (Wildman–Crippen MR) is 300 cm³/mol. The zero-order valence-electron chi connectivity index (χ0n) is 45.8. The van der Waals surface area contributed by atoms with Gasteiger partial charge in [-0.1, -0.05) is 54.6 Å². The van der Waals surface area contributed by atoms with E-state index in [9.17, 15) is 55.5 Å². The van der Waals surface area contributed by atoms with E-state index in [0.29, 0.717) is 35.2 Å². The van der Waals surface area contributed by atoms with Crippen molar-refractivity contribution in [2.45, 2.75) is 112 Å². The molecule has 0 spiro atoms. The number of carbonyl (C=O) groups is 7. The molecule has 0 unspecified atom stereocenters. The molecule has 1 aliphatic rings. The van der Waals surface area contributed by atoms with Crippen LogP contribution in [-0.4, -0.2) is 143 Å². The van der Waals surface area contributed by atoms with Crippen molar-refractivity contribution < 1.29 is 69.7 Å². The minimum Gasteiger partial charge on any atom is -0.481 e. The molecule has 0 radical (unpaired) electrons. The summed E-state index contributed by atoms with van der Waals surface area (Å²) in [5.74, 6) is -4.27. The van der Waals surface area contributed by atoms with Crippen molar-refractivity contribution in [3.8, 4) is 11.1 Å². The summed E-state index contributed by atoms with van der Waals surface area (Å²) in [5, 5.41) is 27.8. The van der Waals surface area contributed by atoms with Crippen molar-refractivity contribution in [3.05, 3.63) is 114 Å². The number of sulfonamides is 2. The highest BCUT2D eigenvalue weighted by Crippen LogP contribution is 2.24. The first kappa shape index (κ1) is 62.9. The van der Waals surface area contributed by atoms with Crippen LogP contribution < -0.4 is 36.0 Å². The number of esters is 2. The first-order chi connectivity index (χ1) is 39.0. The third-order valence-electron chi connectivity index (χ3n) is 12.5. The van der Waals surface area contributed by atoms with Gasteiger partial charge in [-0.2, -0.15) is 9.82 Å². The molecule has 4 aromatic carbocycles. The molecule has 82 heavy (non-hydrogen) atoms. The highest BCUT2D eigenvalue weighted by molar-refractivity contribution is 7.89. The van der Waals surface area contributed by atoms with Crippen LogP contribution in [0.15, 0.2) is 118 Å². The van der Waals surface area contributed by atoms with Crippen LogP contribution in [0, 0.1) is 0 Å². The van der Waals surface area contributed by atoms with E-state index in [0.717, 1.165) is 44.3 Å². The maximum atomic E-state index is 13.6. The molecule has 0 saturated carbocycles. The molecular weight excluding hydrogens is 1100 g/mol. The topological polar surface area (TPSA) is 350 Å². The maximum absolute atomic E-state index is 13.6. The normalized spacial score (nSPS) is 13.8. The molecule has 5 aromatic rings. The Bertz CT molecular complexity index is 3310. The number of aliphatic carboxylic acids is 1. The van der Waals surface area contributed by atoms with Crippen molar-refractivity contribution in [1.82, 2.24) is 45.8 Å². The van der Waals surface area contributed by atoms with Crippen LogP contribution in [0.2, 0.25) is 0 Å². The molecule has 440 valence electrons. The third-order valence-corrected chi connectivity index (χ3v) is 15.4. The number of carboxylic acids is 1. The summed E-state index contributed by atoms with van der Waals surface area (Å²) >= 11 is 0. The van der Waals surface area contributed by atoms with Gasteiger partial charge < -0.3 is 45.9 Å². The summed E-state index contributed by atoms with van der Waals surface area (Å²) in [6.07, 6.45) is 2.20. The highest BCUT2D eigenvalue weighted by Gasteiger charge is 2.31. The second-order valence-corrected chi connectivity index (χ2v) is 23.4. The van der Waals surface area contributed by atoms with Gasteiger partial charge in [-0.15, -0.1) is 0 Å². The van der Waals surface area contributed by atoms with Gasteiger partial charge in [0.1, 0.15) is 30.3 Å². The van der Waals surface area contributed by atoms with Crippen LogP contribution >= 0.6 is 0 Å². The van der Waals surface area contributed by atoms with Gasteiger partial charge in [-0.05, 0) is 106 Å². The van der Waals surface area contributed by atoms with Crippen LogP contribution in [0.3, 0.4) is 0 Å². The Hall–Kier alpha value is -8.27. The number of nitrogens with zero attached hydrogens (tertiary/aromatic N) is 3. The molecule has 0 saturated heterocycles. The number of nitrogens with one attached hydrogen (secondary N) is 7. The number of aliphatic imine (C=N–C) groups is 1. The summed E-state index contributed by atoms with van der Waals surface area (Å²) in [7, 11) is -7.46. The van der Waals surface area contributed by atoms with E-state index >= 15 is 0 Å². The average Bonchev–Trinajstić information content (AvgIpc) is 4.06. The number of alkyl carbamates (subject to hydrolysis) is 1. The molecule has 6 rings (SSSR count). The fraction of sp³-hybridized carbons (Fsp3) is 0.400. The molecular formula is C55H68N10O15S2. The number of rotatable bonds is 28. The summed E-state index contributed by atoms with van der Waals surface area (Å²) in [6, 6.07) is 20.4. The Morgan fingerprint density at radius 3 is 2.02 bits per heavy atom. The Morgan fingerprint density at radius 1 is 0.732 bits per heavy atom. The molecule has 0 bridgehead atoms. The lowest BCUT2D eigenvalue weighted by atomic mass is 10.1. The number of carbonyl (C=O) groups excluding carboxylic acids is 6. The first-order valence-corrected chi connectivity index (χ1v) is 29.3. The quantitative estimate of drug-likeness (QED) is 0.0202. The van der Waals surface area contributed by atoms with Crippen molar-refractivity contribution in [1.29, 1.82) is 0 Å². The van der Waals surface area contributed by atoms with Gasteiger partial charge in [0.25, 0.3) is 5.91 Å². The summed E-state index contributed by atoms with van der Waals surface area (Å²) < 4.78 is 75.5. The molecule has 27 heteroatoms. The van der Waals surface area contributed by atoms with Crippen LogP contribution in [0.4, 0.5) is 4.79 Å². The van der Waals surface area contributed by atoms with E-state index in [1.807, 2.05) is 4.68 Å². The number of fused-ring (bicyclic) bond motifs is 1. The van der Waals surface area contributed by atoms with Crippen molar-refractivity contribution in [3.63, 3.8) is 0 Å². The standard InChI is InChI=1S/C55H68N10O15S2/c1-55(2,3)80-49(68)26-23-44(63-54(73)79-35-36-10-6-5-7-11-36)52(71)62-43(22-25-48(66)67)51(70)58-28-29-61-81(74,75)41-18-13-37(14-19-41)38-15-20-42(21-16-38)82(76,77)64-45(53(72)78-4)34-59-50(69)39-17-24-46-40(32-39)33-60-65(46)31-30-57-47-12-8-9-27-56-47/h5-7,10-11,13-21,24,32-33,43-45,61,64H,8-9,12,22-23,25-31,34-35H2,1-4H3,(H,56,57)(H,58,70)(H,59,69)(H,62,71)(H,63,73)(H,66,67)/t43-,44-,45-/m0/s1. The Balaban J connectivity index is 0.995. The van der Waals surface area contributed by atoms with Gasteiger partial charge >= 0.3 is 24.0 Å². The summed E-state index contributed by atoms with van der Waals surface area (Å²) in [5.41, 5.74) is 1.89. The molecule has 8 N–H and O–H groups in total. The van der Waals surface area contributed by atoms with Gasteiger partial charge in [-0.3, -0.25) is 38.4 Å². The van der Waals surface area contributed by atoms with E-state index in [4.69, 9.17) is 14.2 Å². The van der Waals surface area contributed by atoms with Crippen molar-refractivity contribution in [2.24, 2.45) is 4.99 Å². The largest absolute Gasteiger partial charge is 0.481 e. The molecule has 1 aromatic heterocycles. The lowest BCUT2D eigenvalue weighted by molar-refractivity contribution is -0.155. The monoisotopic (exact) mass is 1170 g/mol. The van der Waals surface area contributed by atoms with E-state index in [2.05, 4.69) is 46.1 Å². The van der Waals surface area contributed by atoms with Gasteiger partial charge in [0.2, 0.25) is 31.9 Å². The second-order valence-electron chi connectivity index (χ2n) is 19.9. The van der Waals surface area contributed by atoms with Crippen LogP contribution in [0.5, 0.6) is 0 Å². The third kappa shape index (κ3) is 19.5. The Morgan fingerprint density at radius 2 is 1.39 bits per heavy atom. The summed E-state index contributed by atoms with van der Waals surface area (Å²) in [6.45, 7) is 5.75. The summed E-state index contributed by atoms with van der Waals surface area (Å²) in [4.78, 5) is 94.0. The molecule has 0 fully saturated rings. The number of benzene rings is 4. The zero-order chi connectivity index (χ0) is 59.5. The number of hydrogen-bond donors (Lipinski definition) is 8. The number of aromatic nitrogens is 2. The SMILES string of the molecule is COC(=O)[C@H](CNC(=O)c1ccc2c(cnn2CCNC2=NCCCC2)c1)NS(=O)(=O)c1ccc(-c2ccc(S(=O)(=O)NCCNC(=O)[C@H](CCC(=O)O)NC(=O)[C@H](CCC(=O)OC(C)(C)C)NC(=O)OCc3ccccc3)cc2)cc1. The van der Waals surface area contributed by atoms with Crippen LogP contribution in [0.25, 0.3) is 22.0 Å². The van der Waals surface area contributed by atoms with E-state index in [1.165, 1.54) is 48.5 Å². The lowest BCUT2D eigenvalue weighted by Crippen LogP contribution is -2.54. The van der Waals surface area contributed by atoms with Gasteiger partial charge in [-0.25, -0.2) is 26.4 Å². The fourth-order valence-corrected chi connectivity index (χ4v) is 10.5. The number of amides is 4. The van der Waals surface area contributed by atoms with E-state index in [1.54, 1.807) is 75.5 Å². The molecule has 1 aliphatic heterocycles. The van der Waals surface area contributed by atoms with Gasteiger partial charge in [0.15, 0.2) is 0 Å². The molecule has 4 amide bonds. The number of carboxylic acid groups (broad SMARTS) is 1. The number of hydrogen-bond acceptors (Lipinski definition) is 17. The molecule has 2 heterocycles. The smallest absolute Gasteiger partial charge is 0.408 e.